The third-order valence-corrected chi connectivity index (χ3v) is 0. The number of halogens is 1. The van der Waals surface area contributed by atoms with Crippen LogP contribution < -0.4 is 12.4 Å². The average molecular weight is 214 g/mol. The van der Waals surface area contributed by atoms with E-state index in [-0.39, 0.29) is 38.6 Å². The van der Waals surface area contributed by atoms with Crippen LogP contribution in [0.5, 0.6) is 0 Å². The second kappa shape index (κ2) is 306. The van der Waals surface area contributed by atoms with E-state index in [1.54, 1.807) is 20.8 Å². The van der Waals surface area contributed by atoms with Gasteiger partial charge in [-0.15, -0.1) is 0 Å². The Labute approximate surface area is 80.0 Å². The number of hydrogen-bond acceptors (Lipinski definition) is 0. The summed E-state index contributed by atoms with van der Waals surface area (Å²) in [7, 11) is 0. The Morgan fingerprint density at radius 3 is 0.625 bits per heavy atom. The van der Waals surface area contributed by atoms with Gasteiger partial charge >= 0.3 is 26.2 Å². The monoisotopic (exact) mass is 212 g/mol. The summed E-state index contributed by atoms with van der Waals surface area (Å²) in [4.78, 5) is 0. The van der Waals surface area contributed by atoms with Crippen molar-refractivity contribution in [3.8, 4) is 0 Å². The summed E-state index contributed by atoms with van der Waals surface area (Å²) < 4.78 is 0. The normalized spacial score (nSPS) is 2.25. The molecule has 0 bridgehead atoms. The summed E-state index contributed by atoms with van der Waals surface area (Å²) in [6, 6.07) is 0. The van der Waals surface area contributed by atoms with Crippen LogP contribution in [-0.4, -0.2) is 0 Å². The van der Waals surface area contributed by atoms with Crippen molar-refractivity contribution < 1.29 is 38.6 Å². The maximum atomic E-state index is 3.25. The molecule has 0 aliphatic carbocycles. The number of rotatable bonds is 0. The zero-order chi connectivity index (χ0) is 6.00. The Hall–Kier alpha value is 1.17. The van der Waals surface area contributed by atoms with Crippen LogP contribution in [0.1, 0.15) is 20.8 Å². The van der Waals surface area contributed by atoms with Gasteiger partial charge in [-0.2, -0.15) is 20.8 Å². The van der Waals surface area contributed by atoms with Gasteiger partial charge in [0.05, 0.1) is 0 Å². The molecular weight excluding hydrogens is 199 g/mol. The maximum Gasteiger partial charge on any atom is 4.00 e. The third-order valence-electron chi connectivity index (χ3n) is 0. The fourth-order valence-electron chi connectivity index (χ4n) is 0. The summed E-state index contributed by atoms with van der Waals surface area (Å²) in [6.07, 6.45) is 0. The van der Waals surface area contributed by atoms with Crippen molar-refractivity contribution in [3.05, 3.63) is 20.8 Å². The molecule has 0 radical (unpaired) electrons. The summed E-state index contributed by atoms with van der Waals surface area (Å²) in [5, 5.41) is 0. The first-order valence-electron chi connectivity index (χ1n) is 2.12. The first-order chi connectivity index (χ1) is 3.00. The summed E-state index contributed by atoms with van der Waals surface area (Å²) in [6.45, 7) is 15.0. The maximum absolute atomic E-state index is 3.25. The van der Waals surface area contributed by atoms with E-state index in [1.165, 1.54) is 0 Å². The van der Waals surface area contributed by atoms with Crippen molar-refractivity contribution in [2.75, 3.05) is 0 Å². The standard InChI is InChI=1S/3C2H5.ClH.Zr/c3*1-2;;/h3*1H2,2H3;1H;/q3*-1;;+4/p-1. The van der Waals surface area contributed by atoms with Crippen LogP contribution in [-0.2, 0) is 26.2 Å². The van der Waals surface area contributed by atoms with Crippen LogP contribution in [0.15, 0.2) is 0 Å². The van der Waals surface area contributed by atoms with Crippen molar-refractivity contribution in [1.29, 1.82) is 0 Å². The van der Waals surface area contributed by atoms with Gasteiger partial charge < -0.3 is 33.2 Å². The quantitative estimate of drug-likeness (QED) is 0.478. The molecule has 0 atom stereocenters. The Balaban J connectivity index is -0.00000000500. The van der Waals surface area contributed by atoms with Crippen LogP contribution in [0.25, 0.3) is 0 Å². The molecule has 0 aromatic carbocycles. The fourth-order valence-corrected chi connectivity index (χ4v) is 0. The molecule has 0 aliphatic rings. The largest absolute Gasteiger partial charge is 4.00 e. The Morgan fingerprint density at radius 2 is 0.625 bits per heavy atom. The smallest absolute Gasteiger partial charge is 1.00 e. The Morgan fingerprint density at radius 1 is 0.625 bits per heavy atom. The second-order valence-corrected chi connectivity index (χ2v) is 0. The van der Waals surface area contributed by atoms with E-state index in [4.69, 9.17) is 0 Å². The van der Waals surface area contributed by atoms with Crippen LogP contribution in [0.2, 0.25) is 0 Å². The molecule has 0 spiro atoms. The molecule has 50 valence electrons. The molecule has 8 heavy (non-hydrogen) atoms. The molecule has 0 N–H and O–H groups in total. The summed E-state index contributed by atoms with van der Waals surface area (Å²) in [5.74, 6) is 0. The molecule has 0 amide bonds. The average Bonchev–Trinajstić information content (AvgIpc) is 1.81. The molecule has 2 heteroatoms. The van der Waals surface area contributed by atoms with Crippen molar-refractivity contribution >= 4 is 0 Å². The van der Waals surface area contributed by atoms with Crippen molar-refractivity contribution in [2.24, 2.45) is 0 Å². The molecule has 0 rings (SSSR count). The third kappa shape index (κ3) is 199. The minimum Gasteiger partial charge on any atom is -1.00 e. The molecule has 0 heterocycles. The van der Waals surface area contributed by atoms with Crippen molar-refractivity contribution in [1.82, 2.24) is 0 Å². The van der Waals surface area contributed by atoms with Gasteiger partial charge in [0.2, 0.25) is 0 Å². The summed E-state index contributed by atoms with van der Waals surface area (Å²) in [5.41, 5.74) is 0. The minimum atomic E-state index is 0. The molecule has 0 fully saturated rings. The first-order valence-corrected chi connectivity index (χ1v) is 2.12. The SMILES string of the molecule is [CH2-]C.[CH2-]C.[CH2-]C.[Cl-].[Zr+4]. The van der Waals surface area contributed by atoms with Gasteiger partial charge in [-0.3, -0.25) is 0 Å². The molecule has 0 unspecified atom stereocenters. The van der Waals surface area contributed by atoms with Gasteiger partial charge in [-0.1, -0.05) is 0 Å². The van der Waals surface area contributed by atoms with Gasteiger partial charge in [0.15, 0.2) is 0 Å². The zero-order valence-corrected chi connectivity index (χ0v) is 9.21. The van der Waals surface area contributed by atoms with Gasteiger partial charge in [0, 0.05) is 0 Å². The predicted octanol–water partition coefficient (Wildman–Crippen LogP) is -0.477. The molecule has 0 aromatic rings. The molecule has 0 aliphatic heterocycles. The van der Waals surface area contributed by atoms with Crippen LogP contribution in [0, 0.1) is 20.8 Å². The van der Waals surface area contributed by atoms with E-state index < -0.39 is 0 Å². The van der Waals surface area contributed by atoms with Crippen LogP contribution in [0.4, 0.5) is 0 Å². The van der Waals surface area contributed by atoms with Crippen LogP contribution in [0.3, 0.4) is 0 Å². The molecule has 0 saturated carbocycles. The molecular formula is C6H15ClZr. The Kier molecular flexibility index (Phi) is 1340. The van der Waals surface area contributed by atoms with E-state index >= 15 is 0 Å². The van der Waals surface area contributed by atoms with Gasteiger partial charge in [0.1, 0.15) is 0 Å². The van der Waals surface area contributed by atoms with Crippen molar-refractivity contribution in [3.63, 3.8) is 0 Å². The second-order valence-electron chi connectivity index (χ2n) is 0. The van der Waals surface area contributed by atoms with E-state index in [2.05, 4.69) is 20.8 Å². The van der Waals surface area contributed by atoms with Crippen molar-refractivity contribution in [2.45, 2.75) is 20.8 Å². The summed E-state index contributed by atoms with van der Waals surface area (Å²) >= 11 is 0. The fraction of sp³-hybridized carbons (Fsp3) is 0.500. The first kappa shape index (κ1) is 35.2. The van der Waals surface area contributed by atoms with E-state index in [1.807, 2.05) is 0 Å². The van der Waals surface area contributed by atoms with E-state index in [0.29, 0.717) is 0 Å². The van der Waals surface area contributed by atoms with Gasteiger partial charge in [0.25, 0.3) is 0 Å². The van der Waals surface area contributed by atoms with E-state index in [9.17, 15) is 0 Å². The minimum absolute atomic E-state index is 0. The zero-order valence-electron chi connectivity index (χ0n) is 6.00. The number of hydrogen-bond donors (Lipinski definition) is 0. The predicted molar refractivity (Wildman–Crippen MR) is 33.1 cm³/mol. The Bertz CT molecular complexity index is 8.49. The van der Waals surface area contributed by atoms with Gasteiger partial charge in [-0.05, 0) is 0 Å². The molecule has 0 aromatic heterocycles. The van der Waals surface area contributed by atoms with Crippen LogP contribution >= 0.6 is 0 Å². The van der Waals surface area contributed by atoms with Gasteiger partial charge in [-0.25, -0.2) is 0 Å². The molecule has 0 nitrogen and oxygen atoms in total. The molecule has 0 saturated heterocycles. The topological polar surface area (TPSA) is 0 Å². The van der Waals surface area contributed by atoms with E-state index in [0.717, 1.165) is 0 Å².